The lowest BCUT2D eigenvalue weighted by molar-refractivity contribution is 0.0211. The van der Waals surface area contributed by atoms with Crippen molar-refractivity contribution >= 4 is 11.6 Å². The van der Waals surface area contributed by atoms with Crippen molar-refractivity contribution in [1.82, 2.24) is 9.80 Å². The lowest BCUT2D eigenvalue weighted by atomic mass is 9.97. The van der Waals surface area contributed by atoms with E-state index in [0.717, 1.165) is 42.7 Å². The summed E-state index contributed by atoms with van der Waals surface area (Å²) in [6.45, 7) is 4.87. The number of nitrogens with one attached hydrogen (secondary N) is 1. The highest BCUT2D eigenvalue weighted by Gasteiger charge is 2.28. The van der Waals surface area contributed by atoms with Gasteiger partial charge in [-0.2, -0.15) is 0 Å². The van der Waals surface area contributed by atoms with Crippen molar-refractivity contribution in [2.24, 2.45) is 0 Å². The number of carbonyl (C=O) groups is 1. The van der Waals surface area contributed by atoms with Crippen LogP contribution in [0.5, 0.6) is 0 Å². The molecule has 0 radical (unpaired) electrons. The third-order valence-electron chi connectivity index (χ3n) is 6.40. The lowest BCUT2D eigenvalue weighted by Crippen LogP contribution is -2.46. The summed E-state index contributed by atoms with van der Waals surface area (Å²) in [4.78, 5) is 17.2. The van der Waals surface area contributed by atoms with Crippen molar-refractivity contribution in [2.75, 3.05) is 44.7 Å². The molecule has 1 saturated heterocycles. The van der Waals surface area contributed by atoms with Gasteiger partial charge in [0.25, 0.3) is 5.91 Å². The number of amides is 1. The molecule has 3 aliphatic rings. The van der Waals surface area contributed by atoms with Crippen molar-refractivity contribution in [3.05, 3.63) is 64.7 Å². The first kappa shape index (κ1) is 19.5. The van der Waals surface area contributed by atoms with Crippen LogP contribution in [0.1, 0.15) is 27.0 Å². The van der Waals surface area contributed by atoms with Crippen LogP contribution in [0, 0.1) is 0 Å². The summed E-state index contributed by atoms with van der Waals surface area (Å²) in [5, 5.41) is 14.1. The molecule has 1 amide bonds. The van der Waals surface area contributed by atoms with Gasteiger partial charge in [0, 0.05) is 44.0 Å². The standard InChI is InChI=1S/C24H29N3O3/c28-22(13-26-9-7-17-3-1-2-4-19(17)12-26)14-27-10-8-18-5-6-20(11-23(18)24(27)29)25-21-15-30-16-21/h1-6,11,21-22,25,28H,7-10,12-16H2. The molecule has 2 aromatic rings. The molecule has 6 nitrogen and oxygen atoms in total. The number of ether oxygens (including phenoxy) is 1. The number of fused-ring (bicyclic) bond motifs is 2. The Morgan fingerprint density at radius 1 is 1.03 bits per heavy atom. The van der Waals surface area contributed by atoms with E-state index in [1.807, 2.05) is 18.2 Å². The predicted molar refractivity (Wildman–Crippen MR) is 116 cm³/mol. The minimum absolute atomic E-state index is 0.0211. The van der Waals surface area contributed by atoms with Gasteiger partial charge < -0.3 is 20.1 Å². The number of β-amino-alcohol motifs (C(OH)–C–C–N with tert-alkyl or cyclic N) is 1. The zero-order valence-corrected chi connectivity index (χ0v) is 17.2. The molecule has 1 fully saturated rings. The zero-order valence-electron chi connectivity index (χ0n) is 17.2. The van der Waals surface area contributed by atoms with Gasteiger partial charge in [0.2, 0.25) is 0 Å². The number of aliphatic hydroxyl groups is 1. The van der Waals surface area contributed by atoms with E-state index in [0.29, 0.717) is 38.9 Å². The fourth-order valence-corrected chi connectivity index (χ4v) is 4.66. The van der Waals surface area contributed by atoms with E-state index >= 15 is 0 Å². The molecule has 2 N–H and O–H groups in total. The number of benzene rings is 2. The molecule has 30 heavy (non-hydrogen) atoms. The second kappa shape index (κ2) is 8.38. The normalized spacial score (nSPS) is 20.3. The maximum Gasteiger partial charge on any atom is 0.254 e. The van der Waals surface area contributed by atoms with Gasteiger partial charge in [-0.3, -0.25) is 9.69 Å². The lowest BCUT2D eigenvalue weighted by Gasteiger charge is -2.34. The topological polar surface area (TPSA) is 65.0 Å². The van der Waals surface area contributed by atoms with Crippen LogP contribution in [-0.2, 0) is 24.1 Å². The highest BCUT2D eigenvalue weighted by Crippen LogP contribution is 2.24. The Hall–Kier alpha value is -2.41. The average molecular weight is 408 g/mol. The van der Waals surface area contributed by atoms with Crippen molar-refractivity contribution in [3.63, 3.8) is 0 Å². The van der Waals surface area contributed by atoms with E-state index in [2.05, 4.69) is 34.5 Å². The minimum Gasteiger partial charge on any atom is -0.390 e. The summed E-state index contributed by atoms with van der Waals surface area (Å²) in [6, 6.07) is 14.9. The first-order chi connectivity index (χ1) is 14.7. The summed E-state index contributed by atoms with van der Waals surface area (Å²) in [5.41, 5.74) is 5.56. The molecular formula is C24H29N3O3. The van der Waals surface area contributed by atoms with Crippen molar-refractivity contribution in [3.8, 4) is 0 Å². The quantitative estimate of drug-likeness (QED) is 0.766. The molecule has 0 bridgehead atoms. The maximum atomic E-state index is 13.1. The summed E-state index contributed by atoms with van der Waals surface area (Å²) in [6.07, 6.45) is 1.30. The summed E-state index contributed by atoms with van der Waals surface area (Å²) in [7, 11) is 0. The monoisotopic (exact) mass is 407 g/mol. The fraction of sp³-hybridized carbons (Fsp3) is 0.458. The van der Waals surface area contributed by atoms with E-state index in [1.165, 1.54) is 11.1 Å². The number of carbonyl (C=O) groups excluding carboxylic acids is 1. The SMILES string of the molecule is O=C1c2cc(NC3COC3)ccc2CCN1CC(O)CN1CCc2ccccc2C1. The molecule has 5 rings (SSSR count). The Labute approximate surface area is 177 Å². The Morgan fingerprint density at radius 2 is 1.83 bits per heavy atom. The molecule has 1 unspecified atom stereocenters. The summed E-state index contributed by atoms with van der Waals surface area (Å²) < 4.78 is 5.21. The third kappa shape index (κ3) is 4.08. The molecule has 0 spiro atoms. The van der Waals surface area contributed by atoms with Crippen molar-refractivity contribution in [2.45, 2.75) is 31.5 Å². The summed E-state index contributed by atoms with van der Waals surface area (Å²) in [5.74, 6) is 0.0211. The Kier molecular flexibility index (Phi) is 5.46. The fourth-order valence-electron chi connectivity index (χ4n) is 4.66. The number of rotatable bonds is 6. The second-order valence-corrected chi connectivity index (χ2v) is 8.66. The molecule has 0 aliphatic carbocycles. The van der Waals surface area contributed by atoms with Crippen molar-refractivity contribution < 1.29 is 14.6 Å². The summed E-state index contributed by atoms with van der Waals surface area (Å²) >= 11 is 0. The van der Waals surface area contributed by atoms with E-state index in [9.17, 15) is 9.90 Å². The largest absolute Gasteiger partial charge is 0.390 e. The van der Waals surface area contributed by atoms with Crippen LogP contribution in [0.15, 0.2) is 42.5 Å². The van der Waals surface area contributed by atoms with Crippen LogP contribution >= 0.6 is 0 Å². The van der Waals surface area contributed by atoms with E-state index < -0.39 is 6.10 Å². The van der Waals surface area contributed by atoms with Crippen LogP contribution in [0.2, 0.25) is 0 Å². The second-order valence-electron chi connectivity index (χ2n) is 8.66. The van der Waals surface area contributed by atoms with Gasteiger partial charge >= 0.3 is 0 Å². The number of hydrogen-bond acceptors (Lipinski definition) is 5. The van der Waals surface area contributed by atoms with Crippen LogP contribution in [0.3, 0.4) is 0 Å². The Balaban J connectivity index is 1.20. The number of nitrogens with zero attached hydrogens (tertiary/aromatic N) is 2. The Bertz CT molecular complexity index is 928. The van der Waals surface area contributed by atoms with Gasteiger partial charge in [0.05, 0.1) is 25.4 Å². The molecule has 6 heteroatoms. The first-order valence-electron chi connectivity index (χ1n) is 10.9. The number of aliphatic hydroxyl groups excluding tert-OH is 1. The van der Waals surface area contributed by atoms with Crippen LogP contribution in [0.25, 0.3) is 0 Å². The minimum atomic E-state index is -0.547. The molecule has 0 aromatic heterocycles. The van der Waals surface area contributed by atoms with Gasteiger partial charge in [0.1, 0.15) is 0 Å². The van der Waals surface area contributed by atoms with E-state index in [1.54, 1.807) is 4.90 Å². The number of hydrogen-bond donors (Lipinski definition) is 2. The van der Waals surface area contributed by atoms with Gasteiger partial charge in [-0.05, 0) is 41.7 Å². The number of anilines is 1. The smallest absolute Gasteiger partial charge is 0.254 e. The van der Waals surface area contributed by atoms with Crippen molar-refractivity contribution in [1.29, 1.82) is 0 Å². The van der Waals surface area contributed by atoms with Gasteiger partial charge in [-0.15, -0.1) is 0 Å². The highest BCUT2D eigenvalue weighted by molar-refractivity contribution is 5.97. The Morgan fingerprint density at radius 3 is 2.63 bits per heavy atom. The third-order valence-corrected chi connectivity index (χ3v) is 6.40. The molecule has 158 valence electrons. The molecular weight excluding hydrogens is 378 g/mol. The van der Waals surface area contributed by atoms with Gasteiger partial charge in [-0.1, -0.05) is 30.3 Å². The molecule has 3 heterocycles. The van der Waals surface area contributed by atoms with E-state index in [4.69, 9.17) is 4.74 Å². The molecule has 1 atom stereocenters. The van der Waals surface area contributed by atoms with Crippen LogP contribution in [0.4, 0.5) is 5.69 Å². The van der Waals surface area contributed by atoms with Crippen LogP contribution in [-0.4, -0.2) is 72.4 Å². The van der Waals surface area contributed by atoms with Crippen LogP contribution < -0.4 is 5.32 Å². The maximum absolute atomic E-state index is 13.1. The zero-order chi connectivity index (χ0) is 20.5. The first-order valence-corrected chi connectivity index (χ1v) is 10.9. The van der Waals surface area contributed by atoms with Gasteiger partial charge in [0.15, 0.2) is 0 Å². The average Bonchev–Trinajstić information content (AvgIpc) is 2.73. The molecule has 3 aliphatic heterocycles. The van der Waals surface area contributed by atoms with E-state index in [-0.39, 0.29) is 5.91 Å². The van der Waals surface area contributed by atoms with Gasteiger partial charge in [-0.25, -0.2) is 0 Å². The highest BCUT2D eigenvalue weighted by atomic mass is 16.5. The molecule has 2 aromatic carbocycles. The predicted octanol–water partition coefficient (Wildman–Crippen LogP) is 1.91. The molecule has 0 saturated carbocycles.